The zero-order valence-electron chi connectivity index (χ0n) is 12.6. The molecule has 0 aromatic rings. The largest absolute Gasteiger partial charge is 0.444 e. The molecule has 0 saturated carbocycles. The average Bonchev–Trinajstić information content (AvgIpc) is 2.21. The van der Waals surface area contributed by atoms with Gasteiger partial charge in [-0.1, -0.05) is 13.8 Å². The van der Waals surface area contributed by atoms with Crippen molar-refractivity contribution in [2.45, 2.75) is 59.2 Å². The van der Waals surface area contributed by atoms with Crippen LogP contribution >= 0.6 is 0 Å². The number of carbonyl (C=O) groups excluding carboxylic acids is 2. The smallest absolute Gasteiger partial charge is 0.408 e. The second-order valence-electron chi connectivity index (χ2n) is 5.91. The molecule has 2 atom stereocenters. The highest BCUT2D eigenvalue weighted by Gasteiger charge is 2.23. The van der Waals surface area contributed by atoms with E-state index in [0.29, 0.717) is 0 Å². The fourth-order valence-corrected chi connectivity index (χ4v) is 1.28. The molecule has 0 heterocycles. The fourth-order valence-electron chi connectivity index (χ4n) is 1.28. The van der Waals surface area contributed by atoms with Crippen molar-refractivity contribution in [1.82, 2.24) is 10.6 Å². The topological polar surface area (TPSA) is 87.7 Å². The van der Waals surface area contributed by atoms with E-state index in [1.165, 1.54) is 0 Å². The van der Waals surface area contributed by atoms with Gasteiger partial charge in [-0.2, -0.15) is 0 Å². The first-order chi connectivity index (χ1) is 8.56. The number of carbonyl (C=O) groups is 2. The van der Waals surface area contributed by atoms with Crippen molar-refractivity contribution in [1.29, 1.82) is 0 Å². The molecule has 0 radical (unpaired) electrons. The summed E-state index contributed by atoms with van der Waals surface area (Å²) < 4.78 is 5.06. The normalized spacial score (nSPS) is 14.7. The lowest BCUT2D eigenvalue weighted by Gasteiger charge is -2.24. The first-order valence-electron chi connectivity index (χ1n) is 6.47. The van der Waals surface area contributed by atoms with Gasteiger partial charge in [-0.3, -0.25) is 4.79 Å². The molecule has 19 heavy (non-hydrogen) atoms. The van der Waals surface area contributed by atoms with Crippen LogP contribution in [0.1, 0.15) is 41.5 Å². The molecule has 0 spiro atoms. The molecule has 0 rings (SSSR count). The van der Waals surface area contributed by atoms with Crippen molar-refractivity contribution in [2.75, 3.05) is 6.61 Å². The minimum Gasteiger partial charge on any atom is -0.444 e. The third-order valence-corrected chi connectivity index (χ3v) is 2.46. The maximum Gasteiger partial charge on any atom is 0.408 e. The van der Waals surface area contributed by atoms with Crippen LogP contribution in [0.3, 0.4) is 0 Å². The number of aliphatic hydroxyl groups excluding tert-OH is 1. The Labute approximate surface area is 114 Å². The summed E-state index contributed by atoms with van der Waals surface area (Å²) in [4.78, 5) is 23.3. The summed E-state index contributed by atoms with van der Waals surface area (Å²) in [5.74, 6) is -0.235. The van der Waals surface area contributed by atoms with E-state index in [0.717, 1.165) is 0 Å². The van der Waals surface area contributed by atoms with E-state index in [1.54, 1.807) is 27.7 Å². The number of alkyl carbamates (subject to hydrolysis) is 1. The summed E-state index contributed by atoms with van der Waals surface area (Å²) in [6.07, 6.45) is -0.639. The van der Waals surface area contributed by atoms with Gasteiger partial charge in [0.2, 0.25) is 5.91 Å². The lowest BCUT2D eigenvalue weighted by atomic mass is 10.1. The number of nitrogens with one attached hydrogen (secondary N) is 2. The Hall–Kier alpha value is -1.30. The Balaban J connectivity index is 4.31. The van der Waals surface area contributed by atoms with E-state index in [1.807, 2.05) is 13.8 Å². The van der Waals surface area contributed by atoms with Gasteiger partial charge in [0.05, 0.1) is 12.6 Å². The molecule has 2 amide bonds. The Kier molecular flexibility index (Phi) is 6.83. The second kappa shape index (κ2) is 7.33. The summed E-state index contributed by atoms with van der Waals surface area (Å²) >= 11 is 0. The molecule has 0 aliphatic carbocycles. The zero-order chi connectivity index (χ0) is 15.2. The Bertz CT molecular complexity index is 310. The quantitative estimate of drug-likeness (QED) is 0.699. The van der Waals surface area contributed by atoms with E-state index in [9.17, 15) is 9.59 Å². The predicted molar refractivity (Wildman–Crippen MR) is 72.7 cm³/mol. The zero-order valence-corrected chi connectivity index (χ0v) is 12.6. The van der Waals surface area contributed by atoms with Gasteiger partial charge in [-0.25, -0.2) is 4.79 Å². The number of hydrogen-bond acceptors (Lipinski definition) is 4. The van der Waals surface area contributed by atoms with Crippen molar-refractivity contribution in [2.24, 2.45) is 5.92 Å². The molecular weight excluding hydrogens is 248 g/mol. The molecule has 0 bridgehead atoms. The van der Waals surface area contributed by atoms with Crippen molar-refractivity contribution >= 4 is 12.0 Å². The van der Waals surface area contributed by atoms with Crippen LogP contribution in [0.5, 0.6) is 0 Å². The van der Waals surface area contributed by atoms with Gasteiger partial charge in [0.15, 0.2) is 0 Å². The number of ether oxygens (including phenoxy) is 1. The highest BCUT2D eigenvalue weighted by molar-refractivity contribution is 5.85. The van der Waals surface area contributed by atoms with Gasteiger partial charge >= 0.3 is 6.09 Å². The van der Waals surface area contributed by atoms with E-state index >= 15 is 0 Å². The van der Waals surface area contributed by atoms with E-state index in [4.69, 9.17) is 9.84 Å². The third-order valence-electron chi connectivity index (χ3n) is 2.46. The van der Waals surface area contributed by atoms with Crippen LogP contribution in [0.15, 0.2) is 0 Å². The van der Waals surface area contributed by atoms with Gasteiger partial charge in [-0.15, -0.1) is 0 Å². The highest BCUT2D eigenvalue weighted by atomic mass is 16.6. The molecule has 0 unspecified atom stereocenters. The number of rotatable bonds is 5. The maximum absolute atomic E-state index is 11.8. The number of aliphatic hydroxyl groups is 1. The molecule has 0 saturated heterocycles. The van der Waals surface area contributed by atoms with Crippen LogP contribution in [-0.2, 0) is 9.53 Å². The maximum atomic E-state index is 11.8. The summed E-state index contributed by atoms with van der Waals surface area (Å²) in [5, 5.41) is 14.3. The van der Waals surface area contributed by atoms with Crippen LogP contribution in [0.25, 0.3) is 0 Å². The first kappa shape index (κ1) is 17.7. The van der Waals surface area contributed by atoms with Crippen LogP contribution in [0.4, 0.5) is 4.79 Å². The number of hydrogen-bond donors (Lipinski definition) is 3. The van der Waals surface area contributed by atoms with Gasteiger partial charge in [0.25, 0.3) is 0 Å². The van der Waals surface area contributed by atoms with Gasteiger partial charge in [0.1, 0.15) is 11.6 Å². The molecule has 0 aliphatic rings. The van der Waals surface area contributed by atoms with Crippen molar-refractivity contribution in [3.63, 3.8) is 0 Å². The molecule has 0 aromatic carbocycles. The molecule has 0 aliphatic heterocycles. The minimum atomic E-state index is -0.720. The van der Waals surface area contributed by atoms with Crippen LogP contribution in [0.2, 0.25) is 0 Å². The van der Waals surface area contributed by atoms with Crippen LogP contribution < -0.4 is 10.6 Å². The van der Waals surface area contributed by atoms with Gasteiger partial charge in [0, 0.05) is 0 Å². The van der Waals surface area contributed by atoms with Crippen LogP contribution in [-0.4, -0.2) is 41.4 Å². The Morgan fingerprint density at radius 2 is 1.68 bits per heavy atom. The first-order valence-corrected chi connectivity index (χ1v) is 6.47. The molecule has 3 N–H and O–H groups in total. The predicted octanol–water partition coefficient (Wildman–Crippen LogP) is 1.03. The van der Waals surface area contributed by atoms with Crippen molar-refractivity contribution < 1.29 is 19.4 Å². The lowest BCUT2D eigenvalue weighted by molar-refractivity contribution is -0.124. The molecular formula is C13H26N2O4. The summed E-state index contributed by atoms with van der Waals surface area (Å²) in [5.41, 5.74) is -0.605. The van der Waals surface area contributed by atoms with Crippen molar-refractivity contribution in [3.05, 3.63) is 0 Å². The monoisotopic (exact) mass is 274 g/mol. The second-order valence-corrected chi connectivity index (χ2v) is 5.91. The van der Waals surface area contributed by atoms with Crippen LogP contribution in [0, 0.1) is 5.92 Å². The average molecular weight is 274 g/mol. The Morgan fingerprint density at radius 1 is 1.16 bits per heavy atom. The van der Waals surface area contributed by atoms with Gasteiger partial charge in [-0.05, 0) is 33.6 Å². The van der Waals surface area contributed by atoms with E-state index in [2.05, 4.69) is 10.6 Å². The Morgan fingerprint density at radius 3 is 2.05 bits per heavy atom. The fraction of sp³-hybridized carbons (Fsp3) is 0.846. The lowest BCUT2D eigenvalue weighted by Crippen LogP contribution is -2.51. The van der Waals surface area contributed by atoms with E-state index < -0.39 is 17.7 Å². The molecule has 0 aromatic heterocycles. The number of amides is 2. The minimum absolute atomic E-state index is 0.114. The summed E-state index contributed by atoms with van der Waals surface area (Å²) in [6.45, 7) is 10.5. The van der Waals surface area contributed by atoms with Crippen molar-refractivity contribution in [3.8, 4) is 0 Å². The summed E-state index contributed by atoms with van der Waals surface area (Å²) in [7, 11) is 0. The summed E-state index contributed by atoms with van der Waals surface area (Å²) in [6, 6.07) is -1.04. The molecule has 112 valence electrons. The molecule has 6 heteroatoms. The third kappa shape index (κ3) is 7.66. The van der Waals surface area contributed by atoms with E-state index in [-0.39, 0.29) is 24.5 Å². The highest BCUT2D eigenvalue weighted by Crippen LogP contribution is 2.07. The standard InChI is InChI=1S/C13H26N2O4/c1-8(2)10(7-16)15-11(17)9(3)14-12(18)19-13(4,5)6/h8-10,16H,7H2,1-6H3,(H,14,18)(H,15,17)/t9-,10+/m0/s1. The molecule has 6 nitrogen and oxygen atoms in total. The molecule has 0 fully saturated rings. The van der Waals surface area contributed by atoms with Gasteiger partial charge < -0.3 is 20.5 Å². The SMILES string of the molecule is CC(C)[C@@H](CO)NC(=O)[C@H](C)NC(=O)OC(C)(C)C.